The van der Waals surface area contributed by atoms with Gasteiger partial charge in [0, 0.05) is 53.8 Å². The van der Waals surface area contributed by atoms with Crippen molar-refractivity contribution in [3.05, 3.63) is 63.8 Å². The van der Waals surface area contributed by atoms with Crippen LogP contribution in [0.4, 0.5) is 11.5 Å². The molecule has 1 amide bonds. The molecule has 0 bridgehead atoms. The second-order valence-corrected chi connectivity index (χ2v) is 7.29. The van der Waals surface area contributed by atoms with Crippen molar-refractivity contribution in [3.8, 4) is 0 Å². The topological polar surface area (TPSA) is 62.3 Å². The van der Waals surface area contributed by atoms with Crippen molar-refractivity contribution in [3.63, 3.8) is 0 Å². The average molecular weight is 416 g/mol. The molecule has 1 aromatic heterocycles. The largest absolute Gasteiger partial charge is 0.345 e. The minimum Gasteiger partial charge on any atom is -0.345 e. The molecule has 7 heteroatoms. The van der Waals surface area contributed by atoms with E-state index in [1.54, 1.807) is 51.4 Å². The second kappa shape index (κ2) is 8.17. The Kier molecular flexibility index (Phi) is 5.87. The number of nitrogens with one attached hydrogen (secondary N) is 1. The van der Waals surface area contributed by atoms with Gasteiger partial charge in [-0.15, -0.1) is 0 Å². The van der Waals surface area contributed by atoms with Crippen molar-refractivity contribution in [1.29, 1.82) is 0 Å². The smallest absolute Gasteiger partial charge is 0.255 e. The number of carbonyl (C=O) groups is 2. The number of nitrogens with zero attached hydrogens (tertiary/aromatic N) is 2. The molecule has 5 nitrogen and oxygen atoms in total. The highest BCUT2D eigenvalue weighted by Crippen LogP contribution is 2.33. The zero-order valence-electron chi connectivity index (χ0n) is 15.7. The first-order chi connectivity index (χ1) is 13.3. The van der Waals surface area contributed by atoms with E-state index in [2.05, 4.69) is 10.3 Å². The van der Waals surface area contributed by atoms with Gasteiger partial charge in [-0.3, -0.25) is 9.59 Å². The molecule has 0 aliphatic carbocycles. The quantitative estimate of drug-likeness (QED) is 0.552. The predicted molar refractivity (Wildman–Crippen MR) is 114 cm³/mol. The monoisotopic (exact) mass is 415 g/mol. The van der Waals surface area contributed by atoms with E-state index >= 15 is 0 Å². The number of aromatic nitrogens is 1. The second-order valence-electron chi connectivity index (χ2n) is 6.48. The van der Waals surface area contributed by atoms with Crippen molar-refractivity contribution in [1.82, 2.24) is 9.88 Å². The van der Waals surface area contributed by atoms with E-state index in [4.69, 9.17) is 23.2 Å². The van der Waals surface area contributed by atoms with Gasteiger partial charge in [0.15, 0.2) is 5.78 Å². The number of fused-ring (bicyclic) bond motifs is 1. The minimum absolute atomic E-state index is 0.0153. The van der Waals surface area contributed by atoms with Crippen LogP contribution in [0.25, 0.3) is 10.8 Å². The average Bonchev–Trinajstić information content (AvgIpc) is 2.67. The fraction of sp³-hybridized carbons (Fsp3) is 0.190. The molecule has 0 spiro atoms. The summed E-state index contributed by atoms with van der Waals surface area (Å²) in [4.78, 5) is 30.3. The Morgan fingerprint density at radius 3 is 2.46 bits per heavy atom. The number of anilines is 2. The number of ketones is 1. The Morgan fingerprint density at radius 2 is 1.82 bits per heavy atom. The molecule has 0 radical (unpaired) electrons. The van der Waals surface area contributed by atoms with Gasteiger partial charge in [-0.1, -0.05) is 42.3 Å². The molecule has 3 aromatic rings. The number of hydrogen-bond donors (Lipinski definition) is 1. The maximum Gasteiger partial charge on any atom is 0.255 e. The molecule has 3 rings (SSSR count). The van der Waals surface area contributed by atoms with Gasteiger partial charge in [0.1, 0.15) is 5.82 Å². The maximum atomic E-state index is 12.5. The van der Waals surface area contributed by atoms with Gasteiger partial charge >= 0.3 is 0 Å². The lowest BCUT2D eigenvalue weighted by Crippen LogP contribution is -2.22. The summed E-state index contributed by atoms with van der Waals surface area (Å²) in [7, 11) is 3.36. The lowest BCUT2D eigenvalue weighted by atomic mass is 10.1. The van der Waals surface area contributed by atoms with E-state index in [0.29, 0.717) is 49.9 Å². The van der Waals surface area contributed by atoms with Crippen LogP contribution in [0.2, 0.25) is 10.0 Å². The predicted octanol–water partition coefficient (Wildman–Crippen LogP) is 5.58. The third kappa shape index (κ3) is 3.81. The number of carbonyl (C=O) groups excluding carboxylic acids is 2. The number of pyridine rings is 1. The number of hydrogen-bond acceptors (Lipinski definition) is 4. The minimum atomic E-state index is -0.178. The molecule has 1 N–H and O–H groups in total. The SMILES string of the molecule is CCC(=O)c1ccc(Nc2ncc(C(=O)N(C)C)c3c(Cl)cccc23)cc1Cl. The molecule has 2 aromatic carbocycles. The lowest BCUT2D eigenvalue weighted by Gasteiger charge is -2.16. The number of benzene rings is 2. The summed E-state index contributed by atoms with van der Waals surface area (Å²) >= 11 is 12.7. The Bertz CT molecular complexity index is 1080. The maximum absolute atomic E-state index is 12.5. The number of amides is 1. The van der Waals surface area contributed by atoms with Crippen LogP contribution in [-0.4, -0.2) is 35.7 Å². The van der Waals surface area contributed by atoms with Gasteiger partial charge < -0.3 is 10.2 Å². The highest BCUT2D eigenvalue weighted by Gasteiger charge is 2.18. The summed E-state index contributed by atoms with van der Waals surface area (Å²) in [6.45, 7) is 1.79. The zero-order valence-corrected chi connectivity index (χ0v) is 17.2. The normalized spacial score (nSPS) is 10.8. The van der Waals surface area contributed by atoms with Crippen molar-refractivity contribution in [2.45, 2.75) is 13.3 Å². The fourth-order valence-electron chi connectivity index (χ4n) is 2.91. The van der Waals surface area contributed by atoms with E-state index in [1.165, 1.54) is 11.1 Å². The summed E-state index contributed by atoms with van der Waals surface area (Å²) in [5.41, 5.74) is 1.60. The molecule has 0 saturated heterocycles. The molecule has 0 aliphatic heterocycles. The third-order valence-corrected chi connectivity index (χ3v) is 4.98. The molecule has 0 aliphatic rings. The first-order valence-corrected chi connectivity index (χ1v) is 9.47. The van der Waals surface area contributed by atoms with Crippen LogP contribution in [0, 0.1) is 0 Å². The van der Waals surface area contributed by atoms with Crippen molar-refractivity contribution in [2.24, 2.45) is 0 Å². The molecule has 28 heavy (non-hydrogen) atoms. The summed E-state index contributed by atoms with van der Waals surface area (Å²) in [6, 6.07) is 10.5. The van der Waals surface area contributed by atoms with Crippen molar-refractivity contribution >= 4 is 57.2 Å². The Balaban J connectivity index is 2.07. The summed E-state index contributed by atoms with van der Waals surface area (Å²) in [5, 5.41) is 5.39. The molecular weight excluding hydrogens is 397 g/mol. The van der Waals surface area contributed by atoms with Gasteiger partial charge in [-0.05, 0) is 24.3 Å². The highest BCUT2D eigenvalue weighted by molar-refractivity contribution is 6.37. The van der Waals surface area contributed by atoms with Gasteiger partial charge in [0.2, 0.25) is 0 Å². The van der Waals surface area contributed by atoms with Crippen LogP contribution in [0.3, 0.4) is 0 Å². The molecule has 0 unspecified atom stereocenters. The fourth-order valence-corrected chi connectivity index (χ4v) is 3.47. The van der Waals surface area contributed by atoms with Crippen molar-refractivity contribution < 1.29 is 9.59 Å². The molecule has 0 saturated carbocycles. The summed E-state index contributed by atoms with van der Waals surface area (Å²) < 4.78 is 0. The van der Waals surface area contributed by atoms with E-state index in [-0.39, 0.29) is 11.7 Å². The number of halogens is 2. The zero-order chi connectivity index (χ0) is 20.4. The van der Waals surface area contributed by atoms with Gasteiger partial charge in [-0.25, -0.2) is 4.98 Å². The number of Topliss-reactive ketones (excluding diaryl/α,β-unsaturated/α-hetero) is 1. The van der Waals surface area contributed by atoms with Crippen molar-refractivity contribution in [2.75, 3.05) is 19.4 Å². The molecule has 1 heterocycles. The molecule has 0 atom stereocenters. The molecule has 144 valence electrons. The van der Waals surface area contributed by atoms with Crippen LogP contribution in [-0.2, 0) is 0 Å². The Labute approximate surface area is 173 Å². The van der Waals surface area contributed by atoms with E-state index in [9.17, 15) is 9.59 Å². The highest BCUT2D eigenvalue weighted by atomic mass is 35.5. The third-order valence-electron chi connectivity index (χ3n) is 4.35. The summed E-state index contributed by atoms with van der Waals surface area (Å²) in [6.07, 6.45) is 1.90. The summed E-state index contributed by atoms with van der Waals surface area (Å²) in [5.74, 6) is 0.347. The number of rotatable bonds is 5. The molecule has 0 fully saturated rings. The van der Waals surface area contributed by atoms with E-state index in [1.807, 2.05) is 6.07 Å². The van der Waals surface area contributed by atoms with Crippen LogP contribution in [0.5, 0.6) is 0 Å². The molecular formula is C21H19Cl2N3O2. The van der Waals surface area contributed by atoms with E-state index < -0.39 is 0 Å². The van der Waals surface area contributed by atoms with Crippen LogP contribution < -0.4 is 5.32 Å². The van der Waals surface area contributed by atoms with Gasteiger partial charge in [0.05, 0.1) is 10.6 Å². The van der Waals surface area contributed by atoms with Crippen LogP contribution in [0.1, 0.15) is 34.1 Å². The first kappa shape index (κ1) is 20.1. The first-order valence-electron chi connectivity index (χ1n) is 8.72. The standard InChI is InChI=1S/C21H19Cl2N3O2/c1-4-18(27)13-9-8-12(10-17(13)23)25-20-14-6-5-7-16(22)19(14)15(11-24-20)21(28)26(2)3/h5-11H,4H2,1-3H3,(H,24,25). The van der Waals surface area contributed by atoms with Crippen LogP contribution in [0.15, 0.2) is 42.6 Å². The van der Waals surface area contributed by atoms with Gasteiger partial charge in [0.25, 0.3) is 5.91 Å². The Morgan fingerprint density at radius 1 is 1.07 bits per heavy atom. The van der Waals surface area contributed by atoms with Gasteiger partial charge in [-0.2, -0.15) is 0 Å². The lowest BCUT2D eigenvalue weighted by molar-refractivity contribution is 0.0829. The van der Waals surface area contributed by atoms with E-state index in [0.717, 1.165) is 0 Å². The van der Waals surface area contributed by atoms with Crippen LogP contribution >= 0.6 is 23.2 Å². The Hall–Kier alpha value is -2.63.